The lowest BCUT2D eigenvalue weighted by Gasteiger charge is -2.04. The second kappa shape index (κ2) is 5.51. The van der Waals surface area contributed by atoms with Crippen molar-refractivity contribution < 1.29 is 18.4 Å². The van der Waals surface area contributed by atoms with Gasteiger partial charge in [0.2, 0.25) is 0 Å². The minimum Gasteiger partial charge on any atom is -0.364 e. The highest BCUT2D eigenvalue weighted by molar-refractivity contribution is 7.14. The molecule has 5 nitrogen and oxygen atoms in total. The normalized spacial score (nSPS) is 10.3. The molecule has 1 aromatic carbocycles. The molecule has 2 amide bonds. The quantitative estimate of drug-likeness (QED) is 0.853. The molecular weight excluding hydrogens is 312 g/mol. The van der Waals surface area contributed by atoms with Gasteiger partial charge in [-0.3, -0.25) is 14.9 Å². The van der Waals surface area contributed by atoms with Gasteiger partial charge < -0.3 is 5.73 Å². The van der Waals surface area contributed by atoms with E-state index in [2.05, 4.69) is 10.3 Å². The van der Waals surface area contributed by atoms with Crippen LogP contribution < -0.4 is 11.1 Å². The highest BCUT2D eigenvalue weighted by atomic mass is 35.5. The predicted molar refractivity (Wildman–Crippen MR) is 70.0 cm³/mol. The zero-order chi connectivity index (χ0) is 14.9. The van der Waals surface area contributed by atoms with Crippen molar-refractivity contribution in [3.8, 4) is 0 Å². The number of anilines is 1. The first kappa shape index (κ1) is 14.4. The Kier molecular flexibility index (Phi) is 3.96. The monoisotopic (exact) mass is 317 g/mol. The third kappa shape index (κ3) is 2.91. The van der Waals surface area contributed by atoms with E-state index in [1.807, 2.05) is 0 Å². The van der Waals surface area contributed by atoms with E-state index < -0.39 is 34.0 Å². The van der Waals surface area contributed by atoms with E-state index in [9.17, 15) is 18.4 Å². The van der Waals surface area contributed by atoms with E-state index in [0.29, 0.717) is 12.1 Å². The summed E-state index contributed by atoms with van der Waals surface area (Å²) in [7, 11) is 0. The highest BCUT2D eigenvalue weighted by Crippen LogP contribution is 2.21. The fourth-order valence-corrected chi connectivity index (χ4v) is 2.15. The average Bonchev–Trinajstić information content (AvgIpc) is 2.82. The van der Waals surface area contributed by atoms with Gasteiger partial charge in [-0.1, -0.05) is 11.6 Å². The first-order chi connectivity index (χ1) is 9.38. The molecule has 20 heavy (non-hydrogen) atoms. The number of hydrogen-bond donors (Lipinski definition) is 2. The lowest BCUT2D eigenvalue weighted by atomic mass is 10.2. The van der Waals surface area contributed by atoms with Gasteiger partial charge in [-0.15, -0.1) is 11.3 Å². The highest BCUT2D eigenvalue weighted by Gasteiger charge is 2.17. The zero-order valence-corrected chi connectivity index (χ0v) is 11.2. The summed E-state index contributed by atoms with van der Waals surface area (Å²) in [5.74, 6) is -3.57. The number of rotatable bonds is 3. The molecule has 0 saturated carbocycles. The summed E-state index contributed by atoms with van der Waals surface area (Å²) in [5.41, 5.74) is 4.44. The number of nitrogens with zero attached hydrogens (tertiary/aromatic N) is 1. The first-order valence-electron chi connectivity index (χ1n) is 5.09. The van der Waals surface area contributed by atoms with Crippen molar-refractivity contribution in [3.05, 3.63) is 45.4 Å². The molecule has 0 spiro atoms. The van der Waals surface area contributed by atoms with Crippen molar-refractivity contribution in [1.29, 1.82) is 0 Å². The smallest absolute Gasteiger partial charge is 0.268 e. The molecule has 2 aromatic rings. The molecule has 3 N–H and O–H groups in total. The predicted octanol–water partition coefficient (Wildman–Crippen LogP) is 2.43. The van der Waals surface area contributed by atoms with Crippen molar-refractivity contribution in [2.75, 3.05) is 5.32 Å². The minimum absolute atomic E-state index is 0.0342. The Labute approximate surface area is 120 Å². The molecule has 1 heterocycles. The fraction of sp³-hybridized carbons (Fsp3) is 0. The lowest BCUT2D eigenvalue weighted by molar-refractivity contribution is 0.0991. The molecule has 0 radical (unpaired) electrons. The van der Waals surface area contributed by atoms with Crippen LogP contribution in [0.3, 0.4) is 0 Å². The maximum Gasteiger partial charge on any atom is 0.268 e. The van der Waals surface area contributed by atoms with Crippen LogP contribution in [0.25, 0.3) is 0 Å². The number of nitrogens with two attached hydrogens (primary N) is 1. The largest absolute Gasteiger partial charge is 0.364 e. The summed E-state index contributed by atoms with van der Waals surface area (Å²) in [5, 5.41) is 3.18. The molecule has 0 saturated heterocycles. The van der Waals surface area contributed by atoms with Gasteiger partial charge in [0.25, 0.3) is 11.8 Å². The van der Waals surface area contributed by atoms with Gasteiger partial charge >= 0.3 is 0 Å². The van der Waals surface area contributed by atoms with Crippen LogP contribution in [0.5, 0.6) is 0 Å². The van der Waals surface area contributed by atoms with E-state index in [1.54, 1.807) is 0 Å². The number of primary amides is 1. The summed E-state index contributed by atoms with van der Waals surface area (Å²) < 4.78 is 26.7. The number of benzene rings is 1. The van der Waals surface area contributed by atoms with Crippen LogP contribution in [0.2, 0.25) is 5.02 Å². The number of thiazole rings is 1. The van der Waals surface area contributed by atoms with Gasteiger partial charge in [-0.2, -0.15) is 0 Å². The Morgan fingerprint density at radius 3 is 2.60 bits per heavy atom. The molecule has 1 aromatic heterocycles. The Hall–Kier alpha value is -2.06. The Morgan fingerprint density at radius 2 is 2.00 bits per heavy atom. The van der Waals surface area contributed by atoms with Gasteiger partial charge in [0.1, 0.15) is 17.3 Å². The average molecular weight is 318 g/mol. The number of carbonyl (C=O) groups is 2. The van der Waals surface area contributed by atoms with Crippen molar-refractivity contribution in [2.24, 2.45) is 5.73 Å². The van der Waals surface area contributed by atoms with E-state index in [-0.39, 0.29) is 10.8 Å². The fourth-order valence-electron chi connectivity index (χ4n) is 1.31. The molecule has 9 heteroatoms. The molecule has 0 unspecified atom stereocenters. The Balaban J connectivity index is 2.23. The number of hydrogen-bond acceptors (Lipinski definition) is 4. The van der Waals surface area contributed by atoms with Crippen molar-refractivity contribution in [1.82, 2.24) is 4.98 Å². The van der Waals surface area contributed by atoms with Gasteiger partial charge in [0, 0.05) is 5.38 Å². The lowest BCUT2D eigenvalue weighted by Crippen LogP contribution is -2.15. The van der Waals surface area contributed by atoms with Crippen molar-refractivity contribution in [3.63, 3.8) is 0 Å². The van der Waals surface area contributed by atoms with Gasteiger partial charge in [0.05, 0.1) is 10.6 Å². The summed E-state index contributed by atoms with van der Waals surface area (Å²) in [6, 6.07) is 1.37. The maximum atomic E-state index is 13.5. The molecule has 104 valence electrons. The van der Waals surface area contributed by atoms with Crippen LogP contribution in [0.1, 0.15) is 20.8 Å². The summed E-state index contributed by atoms with van der Waals surface area (Å²) in [6.07, 6.45) is 0. The van der Waals surface area contributed by atoms with Crippen LogP contribution in [-0.2, 0) is 0 Å². The van der Waals surface area contributed by atoms with E-state index in [4.69, 9.17) is 17.3 Å². The number of aromatic nitrogens is 1. The van der Waals surface area contributed by atoms with Gasteiger partial charge in [-0.05, 0) is 12.1 Å². The van der Waals surface area contributed by atoms with Crippen LogP contribution in [0.15, 0.2) is 17.5 Å². The molecule has 2 rings (SSSR count). The van der Waals surface area contributed by atoms with Crippen LogP contribution in [0, 0.1) is 11.6 Å². The molecule has 0 fully saturated rings. The minimum atomic E-state index is -0.972. The van der Waals surface area contributed by atoms with E-state index >= 15 is 0 Å². The molecule has 0 aliphatic rings. The van der Waals surface area contributed by atoms with E-state index in [0.717, 1.165) is 11.3 Å². The molecule has 0 aliphatic carbocycles. The number of halogens is 3. The maximum absolute atomic E-state index is 13.5. The number of carbonyl (C=O) groups excluding carboxylic acids is 2. The Morgan fingerprint density at radius 1 is 1.30 bits per heavy atom. The standard InChI is InChI=1S/C11H6ClF2N3O2S/c12-5-2-6(13)4(1-7(5)14)10(19)17-11-16-8(3-20-11)9(15)18/h1-3H,(H2,15,18)(H,16,17,19). The molecule has 0 bridgehead atoms. The molecule has 0 atom stereocenters. The van der Waals surface area contributed by atoms with Crippen LogP contribution in [0.4, 0.5) is 13.9 Å². The number of amides is 2. The second-order valence-electron chi connectivity index (χ2n) is 3.60. The summed E-state index contributed by atoms with van der Waals surface area (Å²) >= 11 is 6.31. The van der Waals surface area contributed by atoms with Gasteiger partial charge in [-0.25, -0.2) is 13.8 Å². The van der Waals surface area contributed by atoms with Gasteiger partial charge in [0.15, 0.2) is 5.13 Å². The third-order valence-electron chi connectivity index (χ3n) is 2.23. The summed E-state index contributed by atoms with van der Waals surface area (Å²) in [6.45, 7) is 0. The SMILES string of the molecule is NC(=O)c1csc(NC(=O)c2cc(F)c(Cl)cc2F)n1. The second-order valence-corrected chi connectivity index (χ2v) is 4.87. The van der Waals surface area contributed by atoms with Crippen LogP contribution in [-0.4, -0.2) is 16.8 Å². The van der Waals surface area contributed by atoms with Crippen molar-refractivity contribution in [2.45, 2.75) is 0 Å². The van der Waals surface area contributed by atoms with Crippen LogP contribution >= 0.6 is 22.9 Å². The zero-order valence-electron chi connectivity index (χ0n) is 9.62. The topological polar surface area (TPSA) is 85.1 Å². The Bertz CT molecular complexity index is 705. The molecular formula is C11H6ClF2N3O2S. The van der Waals surface area contributed by atoms with E-state index in [1.165, 1.54) is 5.38 Å². The molecule has 0 aliphatic heterocycles. The first-order valence-corrected chi connectivity index (χ1v) is 6.35. The third-order valence-corrected chi connectivity index (χ3v) is 3.28. The van der Waals surface area contributed by atoms with Crippen molar-refractivity contribution >= 4 is 39.9 Å². The summed E-state index contributed by atoms with van der Waals surface area (Å²) in [4.78, 5) is 26.3. The number of nitrogens with one attached hydrogen (secondary N) is 1.